The van der Waals surface area contributed by atoms with E-state index in [0.717, 1.165) is 15.6 Å². The van der Waals surface area contributed by atoms with Gasteiger partial charge in [-0.3, -0.25) is 0 Å². The zero-order valence-electron chi connectivity index (χ0n) is 16.9. The van der Waals surface area contributed by atoms with E-state index in [-0.39, 0.29) is 5.97 Å². The predicted molar refractivity (Wildman–Crippen MR) is 126 cm³/mol. The Morgan fingerprint density at radius 3 is 2.84 bits per heavy atom. The molecular formula is C22H20BrClN4O2S. The van der Waals surface area contributed by atoms with Crippen LogP contribution in [0.3, 0.4) is 0 Å². The Hall–Kier alpha value is -2.29. The molecule has 1 N–H and O–H groups in total. The van der Waals surface area contributed by atoms with Gasteiger partial charge in [0.15, 0.2) is 0 Å². The lowest BCUT2D eigenvalue weighted by molar-refractivity contribution is -0.139. The second kappa shape index (κ2) is 9.46. The third kappa shape index (κ3) is 4.66. The summed E-state index contributed by atoms with van der Waals surface area (Å²) in [4.78, 5) is 17.5. The number of aromatic nitrogens is 3. The van der Waals surface area contributed by atoms with Gasteiger partial charge >= 0.3 is 5.97 Å². The van der Waals surface area contributed by atoms with Crippen molar-refractivity contribution in [2.45, 2.75) is 30.8 Å². The van der Waals surface area contributed by atoms with Crippen molar-refractivity contribution < 1.29 is 9.53 Å². The fraction of sp³-hybridized carbons (Fsp3) is 0.227. The van der Waals surface area contributed by atoms with Gasteiger partial charge in [-0.2, -0.15) is 4.98 Å². The van der Waals surface area contributed by atoms with E-state index in [9.17, 15) is 4.79 Å². The van der Waals surface area contributed by atoms with Crippen molar-refractivity contribution in [2.75, 3.05) is 11.9 Å². The first-order chi connectivity index (χ1) is 15.0. The summed E-state index contributed by atoms with van der Waals surface area (Å²) < 4.78 is 8.01. The molecule has 2 heterocycles. The molecule has 0 aliphatic carbocycles. The number of hydrogen-bond donors (Lipinski definition) is 1. The first-order valence-corrected chi connectivity index (χ1v) is 11.9. The Morgan fingerprint density at radius 1 is 1.29 bits per heavy atom. The van der Waals surface area contributed by atoms with Crippen molar-refractivity contribution in [1.82, 2.24) is 14.8 Å². The van der Waals surface area contributed by atoms with Crippen molar-refractivity contribution in [3.8, 4) is 0 Å². The van der Waals surface area contributed by atoms with Crippen LogP contribution in [-0.2, 0) is 15.3 Å². The molecule has 4 rings (SSSR count). The van der Waals surface area contributed by atoms with E-state index in [2.05, 4.69) is 26.2 Å². The van der Waals surface area contributed by atoms with E-state index in [0.29, 0.717) is 39.8 Å². The molecule has 9 heteroatoms. The second-order valence-electron chi connectivity index (χ2n) is 6.88. The highest BCUT2D eigenvalue weighted by Gasteiger charge is 2.35. The molecule has 0 saturated heterocycles. The van der Waals surface area contributed by atoms with Crippen LogP contribution in [0.2, 0.25) is 5.02 Å². The van der Waals surface area contributed by atoms with Gasteiger partial charge < -0.3 is 10.1 Å². The van der Waals surface area contributed by atoms with Crippen LogP contribution in [-0.4, -0.2) is 27.3 Å². The van der Waals surface area contributed by atoms with Crippen molar-refractivity contribution >= 4 is 51.2 Å². The summed E-state index contributed by atoms with van der Waals surface area (Å²) >= 11 is 11.3. The van der Waals surface area contributed by atoms with Crippen molar-refractivity contribution in [3.63, 3.8) is 0 Å². The zero-order valence-corrected chi connectivity index (χ0v) is 20.1. The number of thioether (sulfide) groups is 1. The number of rotatable bonds is 6. The minimum atomic E-state index is -0.449. The highest BCUT2D eigenvalue weighted by atomic mass is 79.9. The van der Waals surface area contributed by atoms with Gasteiger partial charge in [-0.05, 0) is 43.2 Å². The molecule has 0 unspecified atom stereocenters. The normalized spacial score (nSPS) is 15.4. The van der Waals surface area contributed by atoms with Gasteiger partial charge in [0.25, 0.3) is 0 Å². The summed E-state index contributed by atoms with van der Waals surface area (Å²) in [6.07, 6.45) is 0. The molecule has 31 heavy (non-hydrogen) atoms. The summed E-state index contributed by atoms with van der Waals surface area (Å²) in [6.45, 7) is 3.94. The molecule has 1 aliphatic rings. The van der Waals surface area contributed by atoms with Crippen LogP contribution in [0.5, 0.6) is 0 Å². The van der Waals surface area contributed by atoms with Gasteiger partial charge in [0, 0.05) is 20.9 Å². The zero-order chi connectivity index (χ0) is 22.0. The number of ether oxygens (including phenoxy) is 1. The first kappa shape index (κ1) is 21.9. The van der Waals surface area contributed by atoms with Crippen molar-refractivity contribution in [3.05, 3.63) is 80.4 Å². The number of carbonyl (C=O) groups excluding carboxylic acids is 1. The smallest absolute Gasteiger partial charge is 0.338 e. The van der Waals surface area contributed by atoms with Gasteiger partial charge in [-0.25, -0.2) is 9.48 Å². The molecular weight excluding hydrogens is 500 g/mol. The van der Waals surface area contributed by atoms with E-state index >= 15 is 0 Å². The maximum absolute atomic E-state index is 12.8. The average Bonchev–Trinajstić information content (AvgIpc) is 3.14. The number of hydrogen-bond acceptors (Lipinski definition) is 6. The summed E-state index contributed by atoms with van der Waals surface area (Å²) in [5, 5.41) is 9.24. The lowest BCUT2D eigenvalue weighted by Gasteiger charge is -2.28. The molecule has 0 spiro atoms. The van der Waals surface area contributed by atoms with Crippen LogP contribution >= 0.6 is 39.3 Å². The SMILES string of the molecule is CCOC(=O)C1=C(C)Nc2nc(SCc3ccccc3Cl)nn2[C@@H]1c1cccc(Br)c1. The largest absolute Gasteiger partial charge is 0.463 e. The Kier molecular flexibility index (Phi) is 6.69. The van der Waals surface area contributed by atoms with Gasteiger partial charge in [-0.15, -0.1) is 5.10 Å². The Morgan fingerprint density at radius 2 is 2.10 bits per heavy atom. The summed E-state index contributed by atoms with van der Waals surface area (Å²) in [7, 11) is 0. The lowest BCUT2D eigenvalue weighted by atomic mass is 9.96. The summed E-state index contributed by atoms with van der Waals surface area (Å²) in [6, 6.07) is 15.1. The number of benzene rings is 2. The number of nitrogens with one attached hydrogen (secondary N) is 1. The molecule has 3 aromatic rings. The van der Waals surface area contributed by atoms with E-state index in [1.807, 2.05) is 55.5 Å². The number of fused-ring (bicyclic) bond motifs is 1. The molecule has 6 nitrogen and oxygen atoms in total. The highest BCUT2D eigenvalue weighted by molar-refractivity contribution is 9.10. The average molecular weight is 520 g/mol. The van der Waals surface area contributed by atoms with E-state index in [1.165, 1.54) is 11.8 Å². The fourth-order valence-electron chi connectivity index (χ4n) is 3.41. The molecule has 0 radical (unpaired) electrons. The van der Waals surface area contributed by atoms with Gasteiger partial charge in [0.1, 0.15) is 6.04 Å². The van der Waals surface area contributed by atoms with Crippen LogP contribution in [0.4, 0.5) is 5.95 Å². The van der Waals surface area contributed by atoms with E-state index in [4.69, 9.17) is 21.4 Å². The maximum atomic E-state index is 12.8. The maximum Gasteiger partial charge on any atom is 0.338 e. The number of esters is 1. The quantitative estimate of drug-likeness (QED) is 0.326. The van der Waals surface area contributed by atoms with E-state index in [1.54, 1.807) is 11.6 Å². The minimum Gasteiger partial charge on any atom is -0.463 e. The topological polar surface area (TPSA) is 69.0 Å². The molecule has 1 aliphatic heterocycles. The van der Waals surface area contributed by atoms with E-state index < -0.39 is 6.04 Å². The third-order valence-corrected chi connectivity index (χ3v) is 6.56. The Balaban J connectivity index is 1.71. The lowest BCUT2D eigenvalue weighted by Crippen LogP contribution is -2.29. The van der Waals surface area contributed by atoms with Crippen molar-refractivity contribution in [1.29, 1.82) is 0 Å². The molecule has 0 saturated carbocycles. The minimum absolute atomic E-state index is 0.296. The van der Waals surface area contributed by atoms with Crippen LogP contribution in [0.15, 0.2) is 69.4 Å². The highest BCUT2D eigenvalue weighted by Crippen LogP contribution is 2.37. The molecule has 0 fully saturated rings. The molecule has 160 valence electrons. The number of carbonyl (C=O) groups is 1. The molecule has 2 aromatic carbocycles. The Bertz CT molecular complexity index is 1160. The van der Waals surface area contributed by atoms with Crippen LogP contribution in [0.1, 0.15) is 31.0 Å². The number of nitrogens with zero attached hydrogens (tertiary/aromatic N) is 3. The fourth-order valence-corrected chi connectivity index (χ4v) is 4.94. The molecule has 0 amide bonds. The van der Waals surface area contributed by atoms with Gasteiger partial charge in [-0.1, -0.05) is 69.6 Å². The monoisotopic (exact) mass is 518 g/mol. The van der Waals surface area contributed by atoms with Crippen LogP contribution in [0.25, 0.3) is 0 Å². The van der Waals surface area contributed by atoms with Gasteiger partial charge in [0.05, 0.1) is 12.2 Å². The molecule has 0 bridgehead atoms. The summed E-state index contributed by atoms with van der Waals surface area (Å²) in [5.74, 6) is 0.850. The predicted octanol–water partition coefficient (Wildman–Crippen LogP) is 5.84. The third-order valence-electron chi connectivity index (χ3n) is 4.81. The standard InChI is InChI=1S/C22H20BrClN4O2S/c1-3-30-20(29)18-13(2)25-21-26-22(31-12-15-7-4-5-10-17(15)24)27-28(21)19(18)14-8-6-9-16(23)11-14/h4-11,19H,3,12H2,1-2H3,(H,25,26,27)/t19-/m1/s1. The Labute approximate surface area is 198 Å². The number of allylic oxidation sites excluding steroid dienone is 1. The summed E-state index contributed by atoms with van der Waals surface area (Å²) in [5.41, 5.74) is 3.14. The first-order valence-electron chi connectivity index (χ1n) is 9.71. The number of anilines is 1. The van der Waals surface area contributed by atoms with Gasteiger partial charge in [0.2, 0.25) is 11.1 Å². The van der Waals surface area contributed by atoms with Crippen molar-refractivity contribution in [2.24, 2.45) is 0 Å². The number of halogens is 2. The van der Waals surface area contributed by atoms with Crippen LogP contribution in [0, 0.1) is 0 Å². The second-order valence-corrected chi connectivity index (χ2v) is 9.15. The molecule has 1 aromatic heterocycles. The molecule has 1 atom stereocenters. The van der Waals surface area contributed by atoms with Crippen LogP contribution < -0.4 is 5.32 Å².